The largest absolute Gasteiger partial charge is 0.506 e. The predicted octanol–water partition coefficient (Wildman–Crippen LogP) is 1.97. The normalized spacial score (nSPS) is 9.55. The van der Waals surface area contributed by atoms with Gasteiger partial charge in [0, 0.05) is 5.70 Å². The van der Waals surface area contributed by atoms with Crippen molar-refractivity contribution in [2.75, 3.05) is 0 Å². The summed E-state index contributed by atoms with van der Waals surface area (Å²) < 4.78 is 0. The second-order valence-electron chi connectivity index (χ2n) is 2.19. The Labute approximate surface area is 69.9 Å². The van der Waals surface area contributed by atoms with Gasteiger partial charge in [0.2, 0.25) is 0 Å². The summed E-state index contributed by atoms with van der Waals surface area (Å²) in [6.45, 7) is 3.53. The van der Waals surface area contributed by atoms with Crippen molar-refractivity contribution in [3.05, 3.63) is 35.4 Å². The first kappa shape index (κ1) is 7.95. The summed E-state index contributed by atoms with van der Waals surface area (Å²) in [5.41, 5.74) is 6.56. The van der Waals surface area contributed by atoms with Crippen LogP contribution in [0.3, 0.4) is 0 Å². The molecular formula is C8H8ClNO. The minimum absolute atomic E-state index is 0.0525. The van der Waals surface area contributed by atoms with E-state index >= 15 is 0 Å². The third kappa shape index (κ3) is 1.65. The lowest BCUT2D eigenvalue weighted by molar-refractivity contribution is 0.475. The van der Waals surface area contributed by atoms with E-state index < -0.39 is 0 Å². The first-order chi connectivity index (χ1) is 5.11. The molecule has 2 nitrogen and oxygen atoms in total. The monoisotopic (exact) mass is 169 g/mol. The molecule has 1 aromatic carbocycles. The van der Waals surface area contributed by atoms with Crippen molar-refractivity contribution in [1.82, 2.24) is 0 Å². The van der Waals surface area contributed by atoms with Crippen LogP contribution in [0.5, 0.6) is 5.75 Å². The van der Waals surface area contributed by atoms with E-state index in [1.807, 2.05) is 0 Å². The number of phenols is 1. The zero-order valence-corrected chi connectivity index (χ0v) is 6.60. The quantitative estimate of drug-likeness (QED) is 0.675. The van der Waals surface area contributed by atoms with Gasteiger partial charge in [0.1, 0.15) is 5.75 Å². The molecule has 0 aliphatic heterocycles. The van der Waals surface area contributed by atoms with Gasteiger partial charge in [0.25, 0.3) is 0 Å². The fourth-order valence-electron chi connectivity index (χ4n) is 0.707. The Morgan fingerprint density at radius 2 is 2.18 bits per heavy atom. The van der Waals surface area contributed by atoms with E-state index in [-0.39, 0.29) is 10.8 Å². The third-order valence-corrected chi connectivity index (χ3v) is 1.62. The number of hydrogen-bond acceptors (Lipinski definition) is 2. The Balaban J connectivity index is 3.15. The minimum Gasteiger partial charge on any atom is -0.506 e. The Morgan fingerprint density at radius 1 is 1.55 bits per heavy atom. The van der Waals surface area contributed by atoms with E-state index in [0.717, 1.165) is 5.56 Å². The van der Waals surface area contributed by atoms with Crippen LogP contribution in [0.2, 0.25) is 5.02 Å². The zero-order chi connectivity index (χ0) is 8.43. The highest BCUT2D eigenvalue weighted by Crippen LogP contribution is 2.24. The minimum atomic E-state index is 0.0525. The predicted molar refractivity (Wildman–Crippen MR) is 46.3 cm³/mol. The maximum atomic E-state index is 9.02. The molecule has 3 heteroatoms. The molecule has 0 saturated carbocycles. The van der Waals surface area contributed by atoms with E-state index in [9.17, 15) is 0 Å². The number of benzene rings is 1. The van der Waals surface area contributed by atoms with Crippen molar-refractivity contribution < 1.29 is 5.11 Å². The molecule has 0 heterocycles. The molecule has 0 aliphatic rings. The first-order valence-electron chi connectivity index (χ1n) is 3.04. The maximum absolute atomic E-state index is 9.02. The van der Waals surface area contributed by atoms with Gasteiger partial charge in [-0.2, -0.15) is 0 Å². The van der Waals surface area contributed by atoms with E-state index in [0.29, 0.717) is 5.70 Å². The van der Waals surface area contributed by atoms with Crippen LogP contribution >= 0.6 is 11.6 Å². The summed E-state index contributed by atoms with van der Waals surface area (Å²) in [4.78, 5) is 0. The summed E-state index contributed by atoms with van der Waals surface area (Å²) in [5, 5.41) is 9.31. The molecule has 0 atom stereocenters. The van der Waals surface area contributed by atoms with Gasteiger partial charge in [-0.1, -0.05) is 18.2 Å². The molecule has 0 fully saturated rings. The molecule has 0 radical (unpaired) electrons. The fourth-order valence-corrected chi connectivity index (χ4v) is 0.887. The standard InChI is InChI=1S/C8H8ClNO/c1-5(10)6-2-3-8(11)7(9)4-6/h2-4,11H,1,10H2. The van der Waals surface area contributed by atoms with Gasteiger partial charge in [-0.15, -0.1) is 0 Å². The zero-order valence-electron chi connectivity index (χ0n) is 5.84. The van der Waals surface area contributed by atoms with Crippen LogP contribution in [0, 0.1) is 0 Å². The molecule has 3 N–H and O–H groups in total. The van der Waals surface area contributed by atoms with Gasteiger partial charge in [-0.25, -0.2) is 0 Å². The molecule has 58 valence electrons. The van der Waals surface area contributed by atoms with E-state index in [1.165, 1.54) is 6.07 Å². The summed E-state index contributed by atoms with van der Waals surface area (Å²) >= 11 is 5.61. The smallest absolute Gasteiger partial charge is 0.134 e. The molecular weight excluding hydrogens is 162 g/mol. The second kappa shape index (κ2) is 2.84. The fraction of sp³-hybridized carbons (Fsp3) is 0. The number of rotatable bonds is 1. The Hall–Kier alpha value is -1.15. The van der Waals surface area contributed by atoms with Crippen molar-refractivity contribution >= 4 is 17.3 Å². The lowest BCUT2D eigenvalue weighted by Gasteiger charge is -2.00. The van der Waals surface area contributed by atoms with E-state index in [2.05, 4.69) is 6.58 Å². The summed E-state index contributed by atoms with van der Waals surface area (Å²) in [7, 11) is 0. The highest BCUT2D eigenvalue weighted by Gasteiger charge is 1.99. The number of phenolic OH excluding ortho intramolecular Hbond substituents is 1. The van der Waals surface area contributed by atoms with Gasteiger partial charge < -0.3 is 10.8 Å². The van der Waals surface area contributed by atoms with Crippen LogP contribution in [0.4, 0.5) is 0 Å². The van der Waals surface area contributed by atoms with Gasteiger partial charge in [0.05, 0.1) is 5.02 Å². The van der Waals surface area contributed by atoms with E-state index in [1.54, 1.807) is 12.1 Å². The summed E-state index contributed by atoms with van der Waals surface area (Å²) in [6, 6.07) is 4.71. The molecule has 1 aromatic rings. The van der Waals surface area contributed by atoms with E-state index in [4.69, 9.17) is 22.4 Å². The highest BCUT2D eigenvalue weighted by atomic mass is 35.5. The summed E-state index contributed by atoms with van der Waals surface area (Å²) in [6.07, 6.45) is 0. The van der Waals surface area contributed by atoms with Gasteiger partial charge in [-0.05, 0) is 23.8 Å². The molecule has 0 unspecified atom stereocenters. The molecule has 0 spiro atoms. The molecule has 0 saturated heterocycles. The maximum Gasteiger partial charge on any atom is 0.134 e. The molecule has 0 aliphatic carbocycles. The third-order valence-electron chi connectivity index (χ3n) is 1.32. The van der Waals surface area contributed by atoms with Crippen LogP contribution in [0.1, 0.15) is 5.56 Å². The summed E-state index contributed by atoms with van der Waals surface area (Å²) in [5.74, 6) is 0.0525. The lowest BCUT2D eigenvalue weighted by Crippen LogP contribution is -1.92. The number of halogens is 1. The van der Waals surface area contributed by atoms with Crippen LogP contribution in [-0.2, 0) is 0 Å². The highest BCUT2D eigenvalue weighted by molar-refractivity contribution is 6.32. The number of hydrogen-bond donors (Lipinski definition) is 2. The first-order valence-corrected chi connectivity index (χ1v) is 3.42. The average Bonchev–Trinajstić information content (AvgIpc) is 1.94. The topological polar surface area (TPSA) is 46.2 Å². The average molecular weight is 170 g/mol. The van der Waals surface area contributed by atoms with Crippen LogP contribution < -0.4 is 5.73 Å². The van der Waals surface area contributed by atoms with Crippen molar-refractivity contribution in [3.63, 3.8) is 0 Å². The van der Waals surface area contributed by atoms with Crippen LogP contribution in [0.25, 0.3) is 5.70 Å². The Bertz CT molecular complexity index is 296. The number of nitrogens with two attached hydrogens (primary N) is 1. The van der Waals surface area contributed by atoms with Crippen molar-refractivity contribution in [2.45, 2.75) is 0 Å². The second-order valence-corrected chi connectivity index (χ2v) is 2.60. The van der Waals surface area contributed by atoms with Crippen LogP contribution in [-0.4, -0.2) is 5.11 Å². The molecule has 0 bridgehead atoms. The van der Waals surface area contributed by atoms with Crippen molar-refractivity contribution in [3.8, 4) is 5.75 Å². The lowest BCUT2D eigenvalue weighted by atomic mass is 10.2. The number of aromatic hydroxyl groups is 1. The van der Waals surface area contributed by atoms with Crippen molar-refractivity contribution in [2.24, 2.45) is 5.73 Å². The van der Waals surface area contributed by atoms with Gasteiger partial charge in [0.15, 0.2) is 0 Å². The molecule has 11 heavy (non-hydrogen) atoms. The van der Waals surface area contributed by atoms with Crippen molar-refractivity contribution in [1.29, 1.82) is 0 Å². The van der Waals surface area contributed by atoms with Gasteiger partial charge in [-0.3, -0.25) is 0 Å². The molecule has 0 aromatic heterocycles. The Kier molecular flexibility index (Phi) is 2.06. The molecule has 0 amide bonds. The molecule has 1 rings (SSSR count). The van der Waals surface area contributed by atoms with Crippen LogP contribution in [0.15, 0.2) is 24.8 Å². The Morgan fingerprint density at radius 3 is 2.64 bits per heavy atom. The van der Waals surface area contributed by atoms with Gasteiger partial charge >= 0.3 is 0 Å². The SMILES string of the molecule is C=C(N)c1ccc(O)c(Cl)c1.